The quantitative estimate of drug-likeness (QED) is 0.903. The molecule has 0 saturated carbocycles. The van der Waals surface area contributed by atoms with E-state index < -0.39 is 15.8 Å². The molecule has 0 aliphatic carbocycles. The number of hydrogen-bond donors (Lipinski definition) is 1. The van der Waals surface area contributed by atoms with Crippen LogP contribution >= 0.6 is 11.6 Å². The van der Waals surface area contributed by atoms with Crippen LogP contribution in [0.25, 0.3) is 0 Å². The normalized spacial score (nSPS) is 12.3. The first-order valence-corrected chi connectivity index (χ1v) is 7.30. The van der Waals surface area contributed by atoms with E-state index in [1.165, 1.54) is 24.8 Å². The fourth-order valence-corrected chi connectivity index (χ4v) is 3.23. The van der Waals surface area contributed by atoms with Crippen LogP contribution in [0.15, 0.2) is 34.2 Å². The Hall–Kier alpha value is -1.53. The van der Waals surface area contributed by atoms with Crippen molar-refractivity contribution < 1.29 is 23.1 Å². The minimum atomic E-state index is -3.71. The van der Waals surface area contributed by atoms with Crippen LogP contribution < -0.4 is 4.74 Å². The lowest BCUT2D eigenvalue weighted by molar-refractivity contribution is 0.0696. The summed E-state index contributed by atoms with van der Waals surface area (Å²) in [6, 6.07) is 3.68. The smallest absolute Gasteiger partial charge is 0.335 e. The molecule has 0 aliphatic rings. The molecular weight excluding hydrogens is 292 g/mol. The van der Waals surface area contributed by atoms with Gasteiger partial charge in [-0.2, -0.15) is 0 Å². The summed E-state index contributed by atoms with van der Waals surface area (Å²) in [4.78, 5) is 10.7. The van der Waals surface area contributed by atoms with Crippen LogP contribution in [-0.2, 0) is 9.84 Å². The molecule has 0 heterocycles. The van der Waals surface area contributed by atoms with Crippen molar-refractivity contribution in [2.45, 2.75) is 11.8 Å². The van der Waals surface area contributed by atoms with Crippen molar-refractivity contribution in [3.63, 3.8) is 0 Å². The Kier molecular flexibility index (Phi) is 4.97. The SMILES string of the molecule is COc1ccc(C(=O)O)cc1S(=O)(=O)C/C(C)=C/Cl. The zero-order valence-corrected chi connectivity index (χ0v) is 12.0. The molecule has 0 fully saturated rings. The van der Waals surface area contributed by atoms with Gasteiger partial charge in [0.15, 0.2) is 9.84 Å². The number of carboxylic acid groups (broad SMARTS) is 1. The molecule has 0 atom stereocenters. The Bertz CT molecular complexity index is 619. The molecule has 104 valence electrons. The molecule has 1 rings (SSSR count). The predicted molar refractivity (Wildman–Crippen MR) is 71.6 cm³/mol. The fraction of sp³-hybridized carbons (Fsp3) is 0.250. The highest BCUT2D eigenvalue weighted by Crippen LogP contribution is 2.27. The number of carbonyl (C=O) groups is 1. The summed E-state index contributed by atoms with van der Waals surface area (Å²) >= 11 is 5.45. The maximum Gasteiger partial charge on any atom is 0.335 e. The number of ether oxygens (including phenoxy) is 1. The lowest BCUT2D eigenvalue weighted by Gasteiger charge is -2.10. The Labute approximate surface area is 116 Å². The highest BCUT2D eigenvalue weighted by Gasteiger charge is 2.22. The van der Waals surface area contributed by atoms with E-state index in [0.29, 0.717) is 5.57 Å². The van der Waals surface area contributed by atoms with Crippen molar-refractivity contribution >= 4 is 27.4 Å². The number of hydrogen-bond acceptors (Lipinski definition) is 4. The molecule has 0 aliphatic heterocycles. The molecule has 1 aromatic rings. The summed E-state index contributed by atoms with van der Waals surface area (Å²) in [7, 11) is -2.39. The molecular formula is C12H13ClO5S. The monoisotopic (exact) mass is 304 g/mol. The predicted octanol–water partition coefficient (Wildman–Crippen LogP) is 2.31. The summed E-state index contributed by atoms with van der Waals surface area (Å²) in [5, 5.41) is 8.90. The molecule has 7 heteroatoms. The van der Waals surface area contributed by atoms with Crippen molar-refractivity contribution in [2.75, 3.05) is 12.9 Å². The number of carboxylic acids is 1. The molecule has 5 nitrogen and oxygen atoms in total. The number of halogens is 1. The summed E-state index contributed by atoms with van der Waals surface area (Å²) in [6.45, 7) is 1.57. The van der Waals surface area contributed by atoms with Gasteiger partial charge in [0.2, 0.25) is 0 Å². The highest BCUT2D eigenvalue weighted by atomic mass is 35.5. The molecule has 0 bridgehead atoms. The summed E-state index contributed by atoms with van der Waals surface area (Å²) in [5.41, 5.74) is 1.50. The summed E-state index contributed by atoms with van der Waals surface area (Å²) in [6.07, 6.45) is 0. The summed E-state index contributed by atoms with van der Waals surface area (Å²) < 4.78 is 29.3. The van der Waals surface area contributed by atoms with Crippen LogP contribution in [0.2, 0.25) is 0 Å². The Morgan fingerprint density at radius 2 is 2.11 bits per heavy atom. The van der Waals surface area contributed by atoms with Crippen LogP contribution in [-0.4, -0.2) is 32.4 Å². The van der Waals surface area contributed by atoms with Gasteiger partial charge < -0.3 is 9.84 Å². The minimum absolute atomic E-state index is 0.104. The van der Waals surface area contributed by atoms with Crippen LogP contribution in [0.5, 0.6) is 5.75 Å². The maximum atomic E-state index is 12.2. The molecule has 0 aromatic heterocycles. The Morgan fingerprint density at radius 3 is 2.58 bits per heavy atom. The average molecular weight is 305 g/mol. The number of benzene rings is 1. The second kappa shape index (κ2) is 6.08. The topological polar surface area (TPSA) is 80.7 Å². The zero-order valence-electron chi connectivity index (χ0n) is 10.4. The zero-order chi connectivity index (χ0) is 14.6. The van der Waals surface area contributed by atoms with E-state index in [1.807, 2.05) is 0 Å². The molecule has 19 heavy (non-hydrogen) atoms. The van der Waals surface area contributed by atoms with E-state index >= 15 is 0 Å². The molecule has 0 saturated heterocycles. The van der Waals surface area contributed by atoms with E-state index in [1.54, 1.807) is 6.92 Å². The van der Waals surface area contributed by atoms with Crippen LogP contribution in [0.1, 0.15) is 17.3 Å². The second-order valence-electron chi connectivity index (χ2n) is 3.89. The molecule has 1 aromatic carbocycles. The molecule has 1 N–H and O–H groups in total. The van der Waals surface area contributed by atoms with Crippen molar-refractivity contribution in [3.8, 4) is 5.75 Å². The lowest BCUT2D eigenvalue weighted by atomic mass is 10.2. The van der Waals surface area contributed by atoms with Gasteiger partial charge in [-0.15, -0.1) is 0 Å². The number of sulfone groups is 1. The first-order valence-electron chi connectivity index (χ1n) is 5.21. The van der Waals surface area contributed by atoms with E-state index in [2.05, 4.69) is 0 Å². The van der Waals surface area contributed by atoms with Crippen molar-refractivity contribution in [2.24, 2.45) is 0 Å². The average Bonchev–Trinajstić information content (AvgIpc) is 2.37. The lowest BCUT2D eigenvalue weighted by Crippen LogP contribution is -2.11. The maximum absolute atomic E-state index is 12.2. The highest BCUT2D eigenvalue weighted by molar-refractivity contribution is 7.91. The van der Waals surface area contributed by atoms with E-state index in [-0.39, 0.29) is 22.0 Å². The van der Waals surface area contributed by atoms with E-state index in [4.69, 9.17) is 21.4 Å². The number of rotatable bonds is 5. The number of methoxy groups -OCH3 is 1. The summed E-state index contributed by atoms with van der Waals surface area (Å²) in [5.74, 6) is -1.40. The second-order valence-corrected chi connectivity index (χ2v) is 6.06. The van der Waals surface area contributed by atoms with E-state index in [0.717, 1.165) is 6.07 Å². The molecule has 0 spiro atoms. The van der Waals surface area contributed by atoms with Gasteiger partial charge in [-0.1, -0.05) is 11.6 Å². The van der Waals surface area contributed by atoms with Gasteiger partial charge in [-0.3, -0.25) is 0 Å². The molecule has 0 amide bonds. The van der Waals surface area contributed by atoms with Gasteiger partial charge in [-0.05, 0) is 30.7 Å². The largest absolute Gasteiger partial charge is 0.495 e. The Morgan fingerprint density at radius 1 is 1.47 bits per heavy atom. The van der Waals surface area contributed by atoms with Crippen LogP contribution in [0, 0.1) is 0 Å². The van der Waals surface area contributed by atoms with Crippen molar-refractivity contribution in [1.82, 2.24) is 0 Å². The van der Waals surface area contributed by atoms with Crippen molar-refractivity contribution in [1.29, 1.82) is 0 Å². The molecule has 0 radical (unpaired) electrons. The first-order chi connectivity index (χ1) is 8.81. The van der Waals surface area contributed by atoms with Gasteiger partial charge >= 0.3 is 5.97 Å². The van der Waals surface area contributed by atoms with Crippen LogP contribution in [0.4, 0.5) is 0 Å². The standard InChI is InChI=1S/C12H13ClO5S/c1-8(6-13)7-19(16,17)11-5-9(12(14)15)3-4-10(11)18-2/h3-6H,7H2,1-2H3,(H,14,15)/b8-6+. The van der Waals surface area contributed by atoms with E-state index in [9.17, 15) is 13.2 Å². The third kappa shape index (κ3) is 3.71. The third-order valence-corrected chi connectivity index (χ3v) is 4.55. The van der Waals surface area contributed by atoms with Gasteiger partial charge in [0.25, 0.3) is 0 Å². The third-order valence-electron chi connectivity index (χ3n) is 2.35. The Balaban J connectivity index is 3.38. The fourth-order valence-electron chi connectivity index (χ4n) is 1.46. The van der Waals surface area contributed by atoms with Gasteiger partial charge in [0.1, 0.15) is 10.6 Å². The first kappa shape index (κ1) is 15.5. The minimum Gasteiger partial charge on any atom is -0.495 e. The van der Waals surface area contributed by atoms with Crippen molar-refractivity contribution in [3.05, 3.63) is 34.9 Å². The molecule has 0 unspecified atom stereocenters. The van der Waals surface area contributed by atoms with Gasteiger partial charge in [0, 0.05) is 5.54 Å². The number of aromatic carboxylic acids is 1. The van der Waals surface area contributed by atoms with Gasteiger partial charge in [0.05, 0.1) is 18.4 Å². The van der Waals surface area contributed by atoms with Gasteiger partial charge in [-0.25, -0.2) is 13.2 Å². The van der Waals surface area contributed by atoms with Crippen LogP contribution in [0.3, 0.4) is 0 Å².